The van der Waals surface area contributed by atoms with Crippen LogP contribution in [0.25, 0.3) is 0 Å². The number of rotatable bonds is 1. The molecule has 0 aromatic carbocycles. The molecular weight excluding hydrogens is 142 g/mol. The molecule has 0 aliphatic rings. The van der Waals surface area contributed by atoms with E-state index in [0.29, 0.717) is 0 Å². The van der Waals surface area contributed by atoms with Gasteiger partial charge < -0.3 is 0 Å². The van der Waals surface area contributed by atoms with Gasteiger partial charge in [0, 0.05) is 0 Å². The van der Waals surface area contributed by atoms with Crippen molar-refractivity contribution in [1.29, 1.82) is 5.26 Å². The van der Waals surface area contributed by atoms with Gasteiger partial charge in [-0.05, 0) is 13.8 Å². The third-order valence-corrected chi connectivity index (χ3v) is 2.30. The lowest BCUT2D eigenvalue weighted by molar-refractivity contribution is 0.461. The molecule has 0 amide bonds. The van der Waals surface area contributed by atoms with Crippen molar-refractivity contribution in [3.05, 3.63) is 0 Å². The number of nitrogens with zero attached hydrogens (tertiary/aromatic N) is 1. The molecule has 0 aromatic rings. The number of nitriles is 1. The molecule has 0 rings (SSSR count). The zero-order chi connectivity index (χ0) is 7.71. The van der Waals surface area contributed by atoms with Crippen LogP contribution in [0.4, 0.5) is 0 Å². The maximum absolute atomic E-state index is 10.2. The van der Waals surface area contributed by atoms with Gasteiger partial charge in [0.2, 0.25) is 0 Å². The summed E-state index contributed by atoms with van der Waals surface area (Å²) in [6.45, 7) is 2.25. The second kappa shape index (κ2) is 1.97. The molecule has 52 valence electrons. The van der Waals surface area contributed by atoms with Crippen LogP contribution in [0.15, 0.2) is 0 Å². The van der Waals surface area contributed by atoms with E-state index >= 15 is 0 Å². The highest BCUT2D eigenvalue weighted by Crippen LogP contribution is 2.11. The Morgan fingerprint density at radius 3 is 1.89 bits per heavy atom. The Hall–Kier alpha value is -0.600. The van der Waals surface area contributed by atoms with Crippen molar-refractivity contribution in [2.24, 2.45) is 0 Å². The van der Waals surface area contributed by atoms with Crippen LogP contribution in [0, 0.1) is 11.3 Å². The molecule has 9 heavy (non-hydrogen) atoms. The Labute approximate surface area is 53.9 Å². The van der Waals surface area contributed by atoms with E-state index in [1.54, 1.807) is 0 Å². The quantitative estimate of drug-likeness (QED) is 0.539. The molecule has 0 bridgehead atoms. The van der Waals surface area contributed by atoms with Crippen molar-refractivity contribution in [2.45, 2.75) is 18.6 Å². The normalized spacial score (nSPS) is 12.7. The summed E-state index contributed by atoms with van der Waals surface area (Å²) in [5.74, 6) is 0. The van der Waals surface area contributed by atoms with Gasteiger partial charge in [0.1, 0.15) is 0 Å². The summed E-state index contributed by atoms with van der Waals surface area (Å²) < 4.78 is 27.0. The summed E-state index contributed by atoms with van der Waals surface area (Å²) in [6.07, 6.45) is 0. The number of hydrogen-bond acceptors (Lipinski definition) is 3. The Bertz CT molecular complexity index is 233. The largest absolute Gasteiger partial charge is 0.284 e. The van der Waals surface area contributed by atoms with E-state index in [1.807, 2.05) is 0 Å². The average molecular weight is 149 g/mol. The summed E-state index contributed by atoms with van der Waals surface area (Å²) in [7, 11) is -4.21. The summed E-state index contributed by atoms with van der Waals surface area (Å²) >= 11 is 0. The third-order valence-electron chi connectivity index (χ3n) is 0.914. The van der Waals surface area contributed by atoms with Crippen LogP contribution in [0.2, 0.25) is 0 Å². The van der Waals surface area contributed by atoms with E-state index in [2.05, 4.69) is 0 Å². The SMILES string of the molecule is CC(C)(C#N)S(=O)(=O)O. The van der Waals surface area contributed by atoms with Crippen molar-refractivity contribution < 1.29 is 13.0 Å². The molecule has 0 aromatic heterocycles. The van der Waals surface area contributed by atoms with E-state index in [9.17, 15) is 8.42 Å². The average Bonchev–Trinajstić information content (AvgIpc) is 1.64. The zero-order valence-corrected chi connectivity index (χ0v) is 5.94. The topological polar surface area (TPSA) is 78.2 Å². The van der Waals surface area contributed by atoms with Gasteiger partial charge in [0.05, 0.1) is 6.07 Å². The highest BCUT2D eigenvalue weighted by Gasteiger charge is 2.32. The molecule has 0 saturated carbocycles. The van der Waals surface area contributed by atoms with Gasteiger partial charge in [-0.2, -0.15) is 13.7 Å². The first-order valence-electron chi connectivity index (χ1n) is 2.19. The smallest absolute Gasteiger partial charge is 0.283 e. The van der Waals surface area contributed by atoms with Gasteiger partial charge in [-0.3, -0.25) is 4.55 Å². The second-order valence-electron chi connectivity index (χ2n) is 2.10. The van der Waals surface area contributed by atoms with Gasteiger partial charge in [0.15, 0.2) is 4.75 Å². The predicted molar refractivity (Wildman–Crippen MR) is 31.2 cm³/mol. The van der Waals surface area contributed by atoms with Crippen molar-refractivity contribution >= 4 is 10.1 Å². The van der Waals surface area contributed by atoms with Gasteiger partial charge in [-0.15, -0.1) is 0 Å². The third kappa shape index (κ3) is 1.66. The first kappa shape index (κ1) is 8.40. The molecule has 4 nitrogen and oxygen atoms in total. The summed E-state index contributed by atoms with van der Waals surface area (Å²) in [5, 5.41) is 8.14. The fourth-order valence-electron chi connectivity index (χ4n) is 0.0577. The summed E-state index contributed by atoms with van der Waals surface area (Å²) in [6, 6.07) is 1.44. The van der Waals surface area contributed by atoms with Gasteiger partial charge in [0.25, 0.3) is 10.1 Å². The van der Waals surface area contributed by atoms with Crippen molar-refractivity contribution in [3.8, 4) is 6.07 Å². The molecule has 0 fully saturated rings. The van der Waals surface area contributed by atoms with Gasteiger partial charge in [-0.1, -0.05) is 0 Å². The lowest BCUT2D eigenvalue weighted by Crippen LogP contribution is -2.28. The lowest BCUT2D eigenvalue weighted by Gasteiger charge is -2.08. The molecule has 0 atom stereocenters. The van der Waals surface area contributed by atoms with Crippen LogP contribution in [-0.4, -0.2) is 17.7 Å². The van der Waals surface area contributed by atoms with Crippen molar-refractivity contribution in [2.75, 3.05) is 0 Å². The van der Waals surface area contributed by atoms with Crippen LogP contribution in [-0.2, 0) is 10.1 Å². The van der Waals surface area contributed by atoms with Crippen molar-refractivity contribution in [3.63, 3.8) is 0 Å². The van der Waals surface area contributed by atoms with E-state index < -0.39 is 14.9 Å². The molecule has 1 N–H and O–H groups in total. The second-order valence-corrected chi connectivity index (χ2v) is 4.07. The zero-order valence-electron chi connectivity index (χ0n) is 5.12. The van der Waals surface area contributed by atoms with E-state index in [0.717, 1.165) is 13.8 Å². The molecular formula is C4H7NO3S. The Balaban J connectivity index is 4.85. The fraction of sp³-hybridized carbons (Fsp3) is 0.750. The van der Waals surface area contributed by atoms with Crippen LogP contribution in [0.5, 0.6) is 0 Å². The van der Waals surface area contributed by atoms with Crippen molar-refractivity contribution in [1.82, 2.24) is 0 Å². The fourth-order valence-corrected chi connectivity index (χ4v) is 0.173. The monoisotopic (exact) mass is 149 g/mol. The molecule has 0 spiro atoms. The van der Waals surface area contributed by atoms with Crippen LogP contribution in [0.1, 0.15) is 13.8 Å². The lowest BCUT2D eigenvalue weighted by atomic mass is 10.2. The minimum atomic E-state index is -4.21. The first-order chi connectivity index (χ1) is 3.81. The predicted octanol–water partition coefficient (Wildman–Crippen LogP) is 0.176. The maximum atomic E-state index is 10.2. The highest BCUT2D eigenvalue weighted by molar-refractivity contribution is 7.87. The standard InChI is InChI=1S/C4H7NO3S/c1-4(2,3-5)9(6,7)8/h1-2H3,(H,6,7,8). The maximum Gasteiger partial charge on any atom is 0.283 e. The molecule has 0 unspecified atom stereocenters. The van der Waals surface area contributed by atoms with Gasteiger partial charge >= 0.3 is 0 Å². The van der Waals surface area contributed by atoms with E-state index in [-0.39, 0.29) is 0 Å². The molecule has 0 aliphatic heterocycles. The molecule has 0 radical (unpaired) electrons. The van der Waals surface area contributed by atoms with Crippen LogP contribution >= 0.6 is 0 Å². The Morgan fingerprint density at radius 2 is 1.89 bits per heavy atom. The first-order valence-corrected chi connectivity index (χ1v) is 3.63. The van der Waals surface area contributed by atoms with Crippen LogP contribution < -0.4 is 0 Å². The minimum Gasteiger partial charge on any atom is -0.284 e. The Morgan fingerprint density at radius 1 is 1.56 bits per heavy atom. The molecule has 0 saturated heterocycles. The minimum absolute atomic E-state index is 1.13. The van der Waals surface area contributed by atoms with Crippen LogP contribution in [0.3, 0.4) is 0 Å². The molecule has 0 aliphatic carbocycles. The molecule has 0 heterocycles. The summed E-state index contributed by atoms with van der Waals surface area (Å²) in [4.78, 5) is 0. The molecule has 5 heteroatoms. The van der Waals surface area contributed by atoms with E-state index in [1.165, 1.54) is 6.07 Å². The highest BCUT2D eigenvalue weighted by atomic mass is 32.2. The van der Waals surface area contributed by atoms with Gasteiger partial charge in [-0.25, -0.2) is 0 Å². The van der Waals surface area contributed by atoms with E-state index in [4.69, 9.17) is 9.81 Å². The number of hydrogen-bond donors (Lipinski definition) is 1. The Kier molecular flexibility index (Phi) is 1.84. The summed E-state index contributed by atoms with van der Waals surface area (Å²) in [5.41, 5.74) is 0.